The number of rotatable bonds is 3. The van der Waals surface area contributed by atoms with Crippen molar-refractivity contribution in [2.24, 2.45) is 0 Å². The molecular weight excluding hydrogens is 330 g/mol. The van der Waals surface area contributed by atoms with Crippen molar-refractivity contribution in [2.45, 2.75) is 25.1 Å². The maximum absolute atomic E-state index is 12.6. The maximum atomic E-state index is 12.6. The van der Waals surface area contributed by atoms with Gasteiger partial charge >= 0.3 is 12.1 Å². The third-order valence-electron chi connectivity index (χ3n) is 4.19. The number of fused-ring (bicyclic) bond motifs is 1. The van der Waals surface area contributed by atoms with E-state index >= 15 is 0 Å². The quantitative estimate of drug-likeness (QED) is 0.801. The van der Waals surface area contributed by atoms with E-state index in [9.17, 15) is 9.59 Å². The number of amides is 3. The summed E-state index contributed by atoms with van der Waals surface area (Å²) in [5.41, 5.74) is 1.52. The Hall–Kier alpha value is -2.60. The summed E-state index contributed by atoms with van der Waals surface area (Å²) >= 11 is 5.89. The minimum absolute atomic E-state index is 0.0137. The van der Waals surface area contributed by atoms with Crippen LogP contribution in [0.2, 0.25) is 5.15 Å². The van der Waals surface area contributed by atoms with Gasteiger partial charge in [-0.2, -0.15) is 0 Å². The molecule has 1 aromatic heterocycles. The number of halogens is 1. The zero-order valence-electron chi connectivity index (χ0n) is 12.6. The van der Waals surface area contributed by atoms with Crippen molar-refractivity contribution in [1.82, 2.24) is 9.88 Å². The van der Waals surface area contributed by atoms with Crippen LogP contribution in [0, 0.1) is 0 Å². The van der Waals surface area contributed by atoms with Gasteiger partial charge in [-0.25, -0.2) is 19.5 Å². The number of urea groups is 1. The molecule has 2 fully saturated rings. The summed E-state index contributed by atoms with van der Waals surface area (Å²) in [6, 6.07) is 12.2. The topological polar surface area (TPSA) is 62.7 Å². The molecule has 1 saturated carbocycles. The van der Waals surface area contributed by atoms with Gasteiger partial charge in [-0.3, -0.25) is 4.90 Å². The van der Waals surface area contributed by atoms with Crippen LogP contribution in [0.1, 0.15) is 12.0 Å². The van der Waals surface area contributed by atoms with Crippen LogP contribution in [0.15, 0.2) is 48.7 Å². The lowest BCUT2D eigenvalue weighted by atomic mass is 10.2. The Kier molecular flexibility index (Phi) is 3.61. The van der Waals surface area contributed by atoms with E-state index in [1.165, 1.54) is 4.90 Å². The lowest BCUT2D eigenvalue weighted by Gasteiger charge is -2.21. The lowest BCUT2D eigenvalue weighted by Crippen LogP contribution is -2.41. The molecule has 3 amide bonds. The second-order valence-electron chi connectivity index (χ2n) is 5.77. The summed E-state index contributed by atoms with van der Waals surface area (Å²) < 4.78 is 5.29. The van der Waals surface area contributed by atoms with E-state index in [2.05, 4.69) is 4.98 Å². The van der Waals surface area contributed by atoms with Gasteiger partial charge < -0.3 is 4.74 Å². The number of anilines is 1. The van der Waals surface area contributed by atoms with Crippen LogP contribution in [0.25, 0.3) is 0 Å². The zero-order valence-corrected chi connectivity index (χ0v) is 13.4. The van der Waals surface area contributed by atoms with Crippen LogP contribution in [-0.2, 0) is 11.3 Å². The molecule has 24 heavy (non-hydrogen) atoms. The van der Waals surface area contributed by atoms with Crippen LogP contribution in [0.4, 0.5) is 15.3 Å². The number of hydrogen-bond acceptors (Lipinski definition) is 4. The summed E-state index contributed by atoms with van der Waals surface area (Å²) in [6.07, 6.45) is 1.67. The van der Waals surface area contributed by atoms with E-state index in [-0.39, 0.29) is 24.7 Å². The largest absolute Gasteiger partial charge is 0.444 e. The smallest absolute Gasteiger partial charge is 0.418 e. The van der Waals surface area contributed by atoms with E-state index < -0.39 is 6.09 Å². The summed E-state index contributed by atoms with van der Waals surface area (Å²) in [4.78, 5) is 31.6. The molecule has 7 heteroatoms. The van der Waals surface area contributed by atoms with E-state index in [0.717, 1.165) is 12.0 Å². The van der Waals surface area contributed by atoms with Crippen molar-refractivity contribution < 1.29 is 14.3 Å². The van der Waals surface area contributed by atoms with E-state index in [1.807, 2.05) is 30.3 Å². The number of ether oxygens (including phenoxy) is 1. The van der Waals surface area contributed by atoms with Crippen LogP contribution < -0.4 is 4.90 Å². The predicted octanol–water partition coefficient (Wildman–Crippen LogP) is 3.45. The molecular formula is C17H14ClN3O3. The molecule has 0 unspecified atom stereocenters. The molecule has 0 spiro atoms. The number of carbonyl (C=O) groups excluding carboxylic acids is 2. The number of imide groups is 1. The fraction of sp³-hybridized carbons (Fsp3) is 0.235. The average Bonchev–Trinajstić information content (AvgIpc) is 3.28. The van der Waals surface area contributed by atoms with Crippen LogP contribution >= 0.6 is 11.6 Å². The Morgan fingerprint density at radius 3 is 2.79 bits per heavy atom. The highest BCUT2D eigenvalue weighted by Gasteiger charge is 2.60. The van der Waals surface area contributed by atoms with Gasteiger partial charge in [0.1, 0.15) is 11.8 Å². The number of nitrogens with zero attached hydrogens (tertiary/aromatic N) is 3. The van der Waals surface area contributed by atoms with Gasteiger partial charge in [0.2, 0.25) is 0 Å². The first-order valence-electron chi connectivity index (χ1n) is 7.60. The minimum Gasteiger partial charge on any atom is -0.444 e. The first kappa shape index (κ1) is 15.0. The van der Waals surface area contributed by atoms with Gasteiger partial charge in [0.25, 0.3) is 0 Å². The highest BCUT2D eigenvalue weighted by atomic mass is 35.5. The summed E-state index contributed by atoms with van der Waals surface area (Å²) in [5.74, 6) is 0. The SMILES string of the molecule is O=C(OCc1ccccc1)N1C(=O)N(c2ccnc(Cl)c2)[C@@H]2C[C@@H]21. The number of carbonyl (C=O) groups is 2. The van der Waals surface area contributed by atoms with Crippen molar-refractivity contribution in [2.75, 3.05) is 4.90 Å². The highest BCUT2D eigenvalue weighted by molar-refractivity contribution is 6.29. The lowest BCUT2D eigenvalue weighted by molar-refractivity contribution is 0.107. The van der Waals surface area contributed by atoms with Gasteiger partial charge in [-0.1, -0.05) is 41.9 Å². The molecule has 2 atom stereocenters. The molecule has 4 rings (SSSR count). The molecule has 1 saturated heterocycles. The van der Waals surface area contributed by atoms with Crippen molar-refractivity contribution >= 4 is 29.4 Å². The average molecular weight is 344 g/mol. The fourth-order valence-corrected chi connectivity index (χ4v) is 3.14. The standard InChI is InChI=1S/C17H14ClN3O3/c18-15-8-12(6-7-19-15)20-13-9-14(13)21(16(20)22)17(23)24-10-11-4-2-1-3-5-11/h1-8,13-14H,9-10H2/t13-,14+/m1/s1. The first-order valence-corrected chi connectivity index (χ1v) is 7.97. The van der Waals surface area contributed by atoms with Crippen LogP contribution in [-0.4, -0.2) is 34.1 Å². The number of benzene rings is 1. The molecule has 1 aliphatic heterocycles. The summed E-state index contributed by atoms with van der Waals surface area (Å²) in [7, 11) is 0. The molecule has 0 radical (unpaired) electrons. The third-order valence-corrected chi connectivity index (χ3v) is 4.40. The van der Waals surface area contributed by atoms with Gasteiger partial charge in [0.15, 0.2) is 0 Å². The molecule has 2 aromatic rings. The van der Waals surface area contributed by atoms with Gasteiger partial charge in [-0.05, 0) is 24.1 Å². The molecule has 2 heterocycles. The Morgan fingerprint density at radius 2 is 2.04 bits per heavy atom. The Bertz CT molecular complexity index is 799. The zero-order chi connectivity index (χ0) is 16.7. The molecule has 0 N–H and O–H groups in total. The monoisotopic (exact) mass is 343 g/mol. The second kappa shape index (κ2) is 5.79. The molecule has 0 bridgehead atoms. The van der Waals surface area contributed by atoms with E-state index in [1.54, 1.807) is 23.2 Å². The molecule has 122 valence electrons. The van der Waals surface area contributed by atoms with Crippen molar-refractivity contribution in [1.29, 1.82) is 0 Å². The molecule has 1 aliphatic carbocycles. The Morgan fingerprint density at radius 1 is 1.25 bits per heavy atom. The fourth-order valence-electron chi connectivity index (χ4n) is 2.97. The minimum atomic E-state index is -0.612. The van der Waals surface area contributed by atoms with E-state index in [0.29, 0.717) is 10.8 Å². The first-order chi connectivity index (χ1) is 11.6. The van der Waals surface area contributed by atoms with Crippen LogP contribution in [0.5, 0.6) is 0 Å². The van der Waals surface area contributed by atoms with Gasteiger partial charge in [0, 0.05) is 6.20 Å². The van der Waals surface area contributed by atoms with Crippen molar-refractivity contribution in [3.63, 3.8) is 0 Å². The van der Waals surface area contributed by atoms with Crippen LogP contribution in [0.3, 0.4) is 0 Å². The Balaban J connectivity index is 1.47. The molecule has 1 aromatic carbocycles. The second-order valence-corrected chi connectivity index (χ2v) is 6.16. The van der Waals surface area contributed by atoms with Gasteiger partial charge in [-0.15, -0.1) is 0 Å². The third kappa shape index (κ3) is 2.59. The van der Waals surface area contributed by atoms with Crippen molar-refractivity contribution in [3.8, 4) is 0 Å². The molecule has 6 nitrogen and oxygen atoms in total. The normalized spacial score (nSPS) is 21.6. The number of hydrogen-bond donors (Lipinski definition) is 0. The molecule has 2 aliphatic rings. The Labute approximate surface area is 143 Å². The maximum Gasteiger partial charge on any atom is 0.418 e. The van der Waals surface area contributed by atoms with Gasteiger partial charge in [0.05, 0.1) is 17.8 Å². The number of pyridine rings is 1. The summed E-state index contributed by atoms with van der Waals surface area (Å²) in [6.45, 7) is 0.141. The highest BCUT2D eigenvalue weighted by Crippen LogP contribution is 2.44. The number of aromatic nitrogens is 1. The van der Waals surface area contributed by atoms with E-state index in [4.69, 9.17) is 16.3 Å². The summed E-state index contributed by atoms with van der Waals surface area (Å²) in [5, 5.41) is 0.308. The predicted molar refractivity (Wildman–Crippen MR) is 87.8 cm³/mol. The van der Waals surface area contributed by atoms with Crippen molar-refractivity contribution in [3.05, 3.63) is 59.4 Å².